The van der Waals surface area contributed by atoms with Crippen molar-refractivity contribution in [3.8, 4) is 39.7 Å². The van der Waals surface area contributed by atoms with E-state index in [0.29, 0.717) is 29.5 Å². The zero-order chi connectivity index (χ0) is 26.8. The Morgan fingerprint density at radius 2 is 1.97 bits per heavy atom. The van der Waals surface area contributed by atoms with Crippen LogP contribution in [0.5, 0.6) is 5.75 Å². The van der Waals surface area contributed by atoms with Gasteiger partial charge in [0.25, 0.3) is 0 Å². The minimum absolute atomic E-state index is 0.525. The maximum atomic E-state index is 12.5. The third-order valence-corrected chi connectivity index (χ3v) is 7.15. The van der Waals surface area contributed by atoms with Crippen molar-refractivity contribution in [1.82, 2.24) is 34.4 Å². The predicted octanol–water partition coefficient (Wildman–Crippen LogP) is 4.27. The van der Waals surface area contributed by atoms with E-state index in [-0.39, 0.29) is 0 Å². The van der Waals surface area contributed by atoms with Gasteiger partial charge in [-0.25, -0.2) is 28.1 Å². The third-order valence-electron chi connectivity index (χ3n) is 6.32. The van der Waals surface area contributed by atoms with Crippen LogP contribution in [-0.2, 0) is 11.0 Å². The maximum Gasteiger partial charge on any atom is 0.160 e. The molecule has 1 unspecified atom stereocenters. The van der Waals surface area contributed by atoms with E-state index in [9.17, 15) is 4.21 Å². The molecule has 4 heterocycles. The van der Waals surface area contributed by atoms with Gasteiger partial charge in [-0.2, -0.15) is 0 Å². The molecule has 0 radical (unpaired) electrons. The van der Waals surface area contributed by atoms with E-state index in [1.54, 1.807) is 16.4 Å². The minimum atomic E-state index is -1.32. The number of fused-ring (bicyclic) bond motifs is 1. The lowest BCUT2D eigenvalue weighted by Crippen LogP contribution is -2.11. The number of nitrogens with one attached hydrogen (secondary N) is 1. The summed E-state index contributed by atoms with van der Waals surface area (Å²) in [6, 6.07) is 7.76. The number of hydrogen-bond donors (Lipinski definition) is 1. The number of aromatic nitrogens is 6. The topological polar surface area (TPSA) is 121 Å². The Morgan fingerprint density at radius 3 is 2.71 bits per heavy atom. The van der Waals surface area contributed by atoms with Crippen LogP contribution in [0.1, 0.15) is 23.4 Å². The molecule has 196 valence electrons. The highest BCUT2D eigenvalue weighted by Crippen LogP contribution is 2.38. The molecule has 0 amide bonds. The molecule has 38 heavy (non-hydrogen) atoms. The Labute approximate surface area is 223 Å². The summed E-state index contributed by atoms with van der Waals surface area (Å²) in [7, 11) is 0.604. The number of ether oxygens (including phenoxy) is 1. The largest absolute Gasteiger partial charge is 0.494 e. The van der Waals surface area contributed by atoms with Gasteiger partial charge in [-0.15, -0.1) is 0 Å². The Balaban J connectivity index is 1.71. The van der Waals surface area contributed by atoms with Gasteiger partial charge < -0.3 is 14.6 Å². The Morgan fingerprint density at radius 1 is 1.16 bits per heavy atom. The highest BCUT2D eigenvalue weighted by Gasteiger charge is 2.24. The van der Waals surface area contributed by atoms with Crippen molar-refractivity contribution >= 4 is 22.0 Å². The fraction of sp³-hybridized carbons (Fsp3) is 0.296. The van der Waals surface area contributed by atoms with E-state index in [2.05, 4.69) is 20.4 Å². The van der Waals surface area contributed by atoms with Crippen molar-refractivity contribution in [2.75, 3.05) is 26.5 Å². The van der Waals surface area contributed by atoms with Crippen molar-refractivity contribution in [2.45, 2.75) is 27.2 Å². The second-order valence-electron chi connectivity index (χ2n) is 8.95. The van der Waals surface area contributed by atoms with Gasteiger partial charge in [-0.05, 0) is 52.9 Å². The molecule has 0 saturated carbocycles. The fourth-order valence-corrected chi connectivity index (χ4v) is 5.10. The first-order valence-corrected chi connectivity index (χ1v) is 13.8. The Hall–Kier alpha value is -3.96. The first-order valence-electron chi connectivity index (χ1n) is 12.2. The summed E-state index contributed by atoms with van der Waals surface area (Å²) in [6.45, 7) is 7.21. The lowest BCUT2D eigenvalue weighted by molar-refractivity contribution is 0.310. The molecule has 1 aromatic carbocycles. The van der Waals surface area contributed by atoms with E-state index < -0.39 is 11.0 Å². The first kappa shape index (κ1) is 25.7. The van der Waals surface area contributed by atoms with E-state index in [1.165, 1.54) is 6.33 Å². The summed E-state index contributed by atoms with van der Waals surface area (Å²) in [4.78, 5) is 18.6. The molecule has 0 saturated heterocycles. The van der Waals surface area contributed by atoms with Crippen LogP contribution in [0.25, 0.3) is 44.9 Å². The van der Waals surface area contributed by atoms with Crippen LogP contribution in [0, 0.1) is 20.8 Å². The summed E-state index contributed by atoms with van der Waals surface area (Å²) < 4.78 is 25.6. The summed E-state index contributed by atoms with van der Waals surface area (Å²) in [5, 5.41) is 8.03. The highest BCUT2D eigenvalue weighted by molar-refractivity contribution is 7.82. The van der Waals surface area contributed by atoms with Crippen LogP contribution in [0.2, 0.25) is 0 Å². The molecule has 0 aliphatic carbocycles. The molecular formula is C27H29N7O3S. The molecule has 0 bridgehead atoms. The Kier molecular flexibility index (Phi) is 7.30. The van der Waals surface area contributed by atoms with Crippen molar-refractivity contribution in [1.29, 1.82) is 0 Å². The van der Waals surface area contributed by atoms with Gasteiger partial charge in [0.2, 0.25) is 0 Å². The molecule has 0 aliphatic rings. The molecule has 10 nitrogen and oxygen atoms in total. The van der Waals surface area contributed by atoms with Crippen LogP contribution in [-0.4, -0.2) is 59.7 Å². The lowest BCUT2D eigenvalue weighted by atomic mass is 10.00. The fourth-order valence-electron chi connectivity index (χ4n) is 4.46. The van der Waals surface area contributed by atoms with Crippen LogP contribution >= 0.6 is 0 Å². The number of rotatable bonds is 9. The van der Waals surface area contributed by atoms with Crippen molar-refractivity contribution < 1.29 is 13.5 Å². The SMILES string of the molecule is CNCCCOc1cccc(-c2nc(-c3c(C)noc3C)c(C)c(-c3cn(S(C)=O)c4ncncc34)n2)c1. The minimum Gasteiger partial charge on any atom is -0.494 e. The summed E-state index contributed by atoms with van der Waals surface area (Å²) in [6.07, 6.45) is 7.49. The number of hydrogen-bond acceptors (Lipinski definition) is 9. The number of nitrogens with zero attached hydrogens (tertiary/aromatic N) is 6. The molecular weight excluding hydrogens is 502 g/mol. The average molecular weight is 532 g/mol. The molecule has 0 fully saturated rings. The number of aryl methyl sites for hydroxylation is 2. The predicted molar refractivity (Wildman–Crippen MR) is 147 cm³/mol. The second-order valence-corrected chi connectivity index (χ2v) is 10.2. The average Bonchev–Trinajstić information content (AvgIpc) is 3.47. The molecule has 1 atom stereocenters. The van der Waals surface area contributed by atoms with E-state index in [4.69, 9.17) is 19.2 Å². The third kappa shape index (κ3) is 4.82. The summed E-state index contributed by atoms with van der Waals surface area (Å²) >= 11 is 0. The van der Waals surface area contributed by atoms with Gasteiger partial charge >= 0.3 is 0 Å². The van der Waals surface area contributed by atoms with E-state index in [1.807, 2.05) is 58.3 Å². The maximum absolute atomic E-state index is 12.5. The standard InChI is InChI=1S/C27H29N7O3S/c1-16-24(22-14-34(38(5)35)27-21(22)13-29-15-30-27)31-26(32-25(16)23-17(2)33-37-18(23)3)19-8-6-9-20(12-19)36-11-7-10-28-4/h6,8-9,12-15,28H,7,10-11H2,1-5H3. The molecule has 1 N–H and O–H groups in total. The molecule has 4 aromatic heterocycles. The first-order chi connectivity index (χ1) is 18.4. The van der Waals surface area contributed by atoms with Crippen molar-refractivity contribution in [3.05, 3.63) is 60.0 Å². The monoisotopic (exact) mass is 531 g/mol. The van der Waals surface area contributed by atoms with Crippen LogP contribution < -0.4 is 10.1 Å². The summed E-state index contributed by atoms with van der Waals surface area (Å²) in [5.41, 5.74) is 5.97. The van der Waals surface area contributed by atoms with Crippen LogP contribution in [0.4, 0.5) is 0 Å². The van der Waals surface area contributed by atoms with E-state index in [0.717, 1.165) is 57.7 Å². The van der Waals surface area contributed by atoms with Crippen molar-refractivity contribution in [2.24, 2.45) is 0 Å². The number of benzene rings is 1. The zero-order valence-electron chi connectivity index (χ0n) is 22.0. The van der Waals surface area contributed by atoms with Gasteiger partial charge in [0.05, 0.1) is 29.3 Å². The summed E-state index contributed by atoms with van der Waals surface area (Å²) in [5.74, 6) is 1.94. The smallest absolute Gasteiger partial charge is 0.160 e. The van der Waals surface area contributed by atoms with Gasteiger partial charge in [0.15, 0.2) is 11.5 Å². The molecule has 0 spiro atoms. The molecule has 11 heteroatoms. The van der Waals surface area contributed by atoms with Crippen LogP contribution in [0.3, 0.4) is 0 Å². The second kappa shape index (κ2) is 10.8. The lowest BCUT2D eigenvalue weighted by Gasteiger charge is -2.13. The molecule has 5 aromatic rings. The highest BCUT2D eigenvalue weighted by atomic mass is 32.2. The quantitative estimate of drug-likeness (QED) is 0.278. The van der Waals surface area contributed by atoms with E-state index >= 15 is 0 Å². The van der Waals surface area contributed by atoms with Gasteiger partial charge in [-0.3, -0.25) is 0 Å². The Bertz CT molecular complexity index is 1620. The van der Waals surface area contributed by atoms with Crippen LogP contribution in [0.15, 0.2) is 47.5 Å². The molecule has 5 rings (SSSR count). The van der Waals surface area contributed by atoms with Gasteiger partial charge in [-0.1, -0.05) is 17.3 Å². The van der Waals surface area contributed by atoms with Crippen molar-refractivity contribution in [3.63, 3.8) is 0 Å². The van der Waals surface area contributed by atoms with Gasteiger partial charge in [0, 0.05) is 40.7 Å². The van der Waals surface area contributed by atoms with Gasteiger partial charge in [0.1, 0.15) is 28.8 Å². The normalized spacial score (nSPS) is 12.2. The molecule has 0 aliphatic heterocycles. The zero-order valence-corrected chi connectivity index (χ0v) is 22.8.